The Kier molecular flexibility index (Phi) is 3.18. The average molecular weight is 291 g/mol. The number of aliphatic hydroxyl groups is 1. The molecule has 21 heavy (non-hydrogen) atoms. The number of nitro benzene ring substituents is 1. The van der Waals surface area contributed by atoms with E-state index in [0.717, 1.165) is 19.3 Å². The highest BCUT2D eigenvalue weighted by molar-refractivity contribution is 6.04. The Hall–Kier alpha value is -1.99. The summed E-state index contributed by atoms with van der Waals surface area (Å²) in [6.45, 7) is 2.55. The van der Waals surface area contributed by atoms with E-state index in [0.29, 0.717) is 12.2 Å². The summed E-state index contributed by atoms with van der Waals surface area (Å²) in [5, 5.41) is 24.6. The van der Waals surface area contributed by atoms with Crippen LogP contribution < -0.4 is 5.32 Å². The molecule has 2 aliphatic heterocycles. The summed E-state index contributed by atoms with van der Waals surface area (Å²) in [5.41, 5.74) is -1.24. The van der Waals surface area contributed by atoms with E-state index in [1.54, 1.807) is 4.90 Å². The number of nitrogens with zero attached hydrogens (tertiary/aromatic N) is 2. The number of hydrogen-bond acceptors (Lipinski definition) is 5. The fraction of sp³-hybridized carbons (Fsp3) is 0.500. The van der Waals surface area contributed by atoms with Crippen molar-refractivity contribution < 1.29 is 14.8 Å². The first kappa shape index (κ1) is 14.0. The third-order valence-corrected chi connectivity index (χ3v) is 4.37. The topological polar surface area (TPSA) is 95.7 Å². The van der Waals surface area contributed by atoms with Crippen molar-refractivity contribution in [1.82, 2.24) is 4.90 Å². The second-order valence-electron chi connectivity index (χ2n) is 5.65. The van der Waals surface area contributed by atoms with Crippen molar-refractivity contribution in [3.63, 3.8) is 0 Å². The molecule has 0 spiro atoms. The first-order chi connectivity index (χ1) is 9.94. The van der Waals surface area contributed by atoms with Crippen molar-refractivity contribution in [2.24, 2.45) is 0 Å². The molecule has 1 saturated heterocycles. The van der Waals surface area contributed by atoms with Crippen molar-refractivity contribution in [1.29, 1.82) is 0 Å². The standard InChI is InChI=1S/C14H17N3O4/c1-9-4-2-3-7-16(9)14(19)11-8-10(17(20)21)5-6-12(11)15-13(14)18/h5-6,8-9,19H,2-4,7H2,1H3,(H,15,18)/t9-,14-/m0/s1. The highest BCUT2D eigenvalue weighted by Gasteiger charge is 2.52. The largest absolute Gasteiger partial charge is 0.364 e. The van der Waals surface area contributed by atoms with E-state index >= 15 is 0 Å². The lowest BCUT2D eigenvalue weighted by atomic mass is 9.95. The van der Waals surface area contributed by atoms with Gasteiger partial charge in [-0.1, -0.05) is 6.42 Å². The number of fused-ring (bicyclic) bond motifs is 1. The fourth-order valence-corrected chi connectivity index (χ4v) is 3.24. The number of benzene rings is 1. The van der Waals surface area contributed by atoms with Gasteiger partial charge in [0.2, 0.25) is 5.72 Å². The number of carbonyl (C=O) groups excluding carboxylic acids is 1. The number of nitro groups is 1. The van der Waals surface area contributed by atoms with Gasteiger partial charge in [-0.05, 0) is 25.8 Å². The van der Waals surface area contributed by atoms with Gasteiger partial charge < -0.3 is 10.4 Å². The molecule has 1 aromatic carbocycles. The minimum Gasteiger partial charge on any atom is -0.364 e. The summed E-state index contributed by atoms with van der Waals surface area (Å²) >= 11 is 0. The Labute approximate surface area is 121 Å². The summed E-state index contributed by atoms with van der Waals surface area (Å²) in [4.78, 5) is 24.5. The fourth-order valence-electron chi connectivity index (χ4n) is 3.24. The molecule has 1 aromatic rings. The number of nitrogens with one attached hydrogen (secondary N) is 1. The normalized spacial score (nSPS) is 29.0. The van der Waals surface area contributed by atoms with Crippen molar-refractivity contribution in [3.05, 3.63) is 33.9 Å². The third-order valence-electron chi connectivity index (χ3n) is 4.37. The summed E-state index contributed by atoms with van der Waals surface area (Å²) in [5.74, 6) is -0.535. The smallest absolute Gasteiger partial charge is 0.276 e. The SMILES string of the molecule is C[C@H]1CCCCN1[C@@]1(O)C(=O)Nc2ccc([N+](=O)[O-])cc21. The third kappa shape index (κ3) is 2.00. The number of rotatable bonds is 2. The second-order valence-corrected chi connectivity index (χ2v) is 5.65. The first-order valence-corrected chi connectivity index (χ1v) is 7.04. The summed E-state index contributed by atoms with van der Waals surface area (Å²) in [6, 6.07) is 4.12. The highest BCUT2D eigenvalue weighted by atomic mass is 16.6. The van der Waals surface area contributed by atoms with E-state index in [-0.39, 0.29) is 17.3 Å². The molecule has 7 heteroatoms. The van der Waals surface area contributed by atoms with Crippen LogP contribution in [-0.4, -0.2) is 33.4 Å². The zero-order valence-electron chi connectivity index (χ0n) is 11.7. The van der Waals surface area contributed by atoms with Crippen LogP contribution in [-0.2, 0) is 10.5 Å². The molecule has 0 aliphatic carbocycles. The van der Waals surface area contributed by atoms with Crippen molar-refractivity contribution in [2.75, 3.05) is 11.9 Å². The summed E-state index contributed by atoms with van der Waals surface area (Å²) < 4.78 is 0. The van der Waals surface area contributed by atoms with Gasteiger partial charge >= 0.3 is 0 Å². The molecule has 0 saturated carbocycles. The van der Waals surface area contributed by atoms with Crippen LogP contribution in [0.2, 0.25) is 0 Å². The molecule has 2 N–H and O–H groups in total. The molecule has 0 unspecified atom stereocenters. The molecule has 2 aliphatic rings. The maximum absolute atomic E-state index is 12.3. The molecule has 0 aromatic heterocycles. The molecule has 3 rings (SSSR count). The van der Waals surface area contributed by atoms with E-state index in [9.17, 15) is 20.0 Å². The van der Waals surface area contributed by atoms with Gasteiger partial charge in [0.05, 0.1) is 4.92 Å². The molecule has 1 amide bonds. The number of likely N-dealkylation sites (tertiary alicyclic amines) is 1. The number of non-ortho nitro benzene ring substituents is 1. The van der Waals surface area contributed by atoms with Gasteiger partial charge in [-0.2, -0.15) is 0 Å². The van der Waals surface area contributed by atoms with Gasteiger partial charge in [0, 0.05) is 36.0 Å². The van der Waals surface area contributed by atoms with Crippen LogP contribution in [0.3, 0.4) is 0 Å². The van der Waals surface area contributed by atoms with Gasteiger partial charge in [0.1, 0.15) is 0 Å². The Morgan fingerprint density at radius 3 is 2.90 bits per heavy atom. The molecular formula is C14H17N3O4. The lowest BCUT2D eigenvalue weighted by Gasteiger charge is -2.42. The first-order valence-electron chi connectivity index (χ1n) is 7.04. The molecule has 7 nitrogen and oxygen atoms in total. The molecular weight excluding hydrogens is 274 g/mol. The zero-order valence-corrected chi connectivity index (χ0v) is 11.7. The zero-order chi connectivity index (χ0) is 15.2. The number of hydrogen-bond donors (Lipinski definition) is 2. The Morgan fingerprint density at radius 2 is 2.24 bits per heavy atom. The predicted molar refractivity (Wildman–Crippen MR) is 75.6 cm³/mol. The monoisotopic (exact) mass is 291 g/mol. The number of piperidine rings is 1. The maximum atomic E-state index is 12.3. The van der Waals surface area contributed by atoms with Crippen LogP contribution in [0.4, 0.5) is 11.4 Å². The minimum atomic E-state index is -1.82. The Bertz CT molecular complexity index is 618. The van der Waals surface area contributed by atoms with Gasteiger partial charge in [-0.25, -0.2) is 0 Å². The van der Waals surface area contributed by atoms with Crippen LogP contribution in [0.5, 0.6) is 0 Å². The summed E-state index contributed by atoms with van der Waals surface area (Å²) in [6.07, 6.45) is 2.83. The van der Waals surface area contributed by atoms with Crippen molar-refractivity contribution in [3.8, 4) is 0 Å². The Balaban J connectivity index is 2.09. The number of carbonyl (C=O) groups is 1. The lowest BCUT2D eigenvalue weighted by molar-refractivity contribution is -0.385. The molecule has 1 fully saturated rings. The molecule has 0 radical (unpaired) electrons. The molecule has 2 atom stereocenters. The highest BCUT2D eigenvalue weighted by Crippen LogP contribution is 2.42. The van der Waals surface area contributed by atoms with Crippen molar-refractivity contribution in [2.45, 2.75) is 38.0 Å². The Morgan fingerprint density at radius 1 is 1.48 bits per heavy atom. The van der Waals surface area contributed by atoms with Crippen LogP contribution in [0, 0.1) is 10.1 Å². The van der Waals surface area contributed by atoms with Gasteiger partial charge in [0.15, 0.2) is 0 Å². The maximum Gasteiger partial charge on any atom is 0.276 e. The predicted octanol–water partition coefficient (Wildman–Crippen LogP) is 1.57. The molecule has 112 valence electrons. The number of amides is 1. The van der Waals surface area contributed by atoms with E-state index in [1.807, 2.05) is 6.92 Å². The quantitative estimate of drug-likeness (QED) is 0.637. The molecule has 0 bridgehead atoms. The van der Waals surface area contributed by atoms with E-state index in [2.05, 4.69) is 5.32 Å². The van der Waals surface area contributed by atoms with E-state index in [1.165, 1.54) is 18.2 Å². The lowest BCUT2D eigenvalue weighted by Crippen LogP contribution is -2.56. The summed E-state index contributed by atoms with van der Waals surface area (Å²) in [7, 11) is 0. The van der Waals surface area contributed by atoms with Crippen LogP contribution >= 0.6 is 0 Å². The minimum absolute atomic E-state index is 0.0414. The van der Waals surface area contributed by atoms with Gasteiger partial charge in [-0.3, -0.25) is 19.8 Å². The van der Waals surface area contributed by atoms with Gasteiger partial charge in [0.25, 0.3) is 11.6 Å². The second kappa shape index (κ2) is 4.78. The average Bonchev–Trinajstić information content (AvgIpc) is 2.71. The molecule has 2 heterocycles. The number of anilines is 1. The van der Waals surface area contributed by atoms with Crippen LogP contribution in [0.1, 0.15) is 31.7 Å². The van der Waals surface area contributed by atoms with E-state index in [4.69, 9.17) is 0 Å². The van der Waals surface area contributed by atoms with E-state index < -0.39 is 16.6 Å². The van der Waals surface area contributed by atoms with Crippen LogP contribution in [0.15, 0.2) is 18.2 Å². The van der Waals surface area contributed by atoms with Crippen molar-refractivity contribution >= 4 is 17.3 Å². The van der Waals surface area contributed by atoms with Gasteiger partial charge in [-0.15, -0.1) is 0 Å². The van der Waals surface area contributed by atoms with Crippen LogP contribution in [0.25, 0.3) is 0 Å².